The molecule has 2 aromatic rings. The second-order valence-corrected chi connectivity index (χ2v) is 7.67. The summed E-state index contributed by atoms with van der Waals surface area (Å²) >= 11 is 0. The Balaban J connectivity index is 1.55. The van der Waals surface area contributed by atoms with Gasteiger partial charge in [0, 0.05) is 6.42 Å². The first-order valence-corrected chi connectivity index (χ1v) is 10.7. The van der Waals surface area contributed by atoms with Crippen molar-refractivity contribution in [3.63, 3.8) is 0 Å². The largest absolute Gasteiger partial charge is 0.481 e. The van der Waals surface area contributed by atoms with E-state index >= 15 is 0 Å². The Bertz CT molecular complexity index is 965. The SMILES string of the molecule is COC(=O)[C@H](Cc1ccccc1)NC(=O)[C@H](CC(=O)O)NCCCc1ccc2c(c1)OCO2. The number of carbonyl (C=O) groups is 3. The van der Waals surface area contributed by atoms with Gasteiger partial charge in [0.1, 0.15) is 6.04 Å². The lowest BCUT2D eigenvalue weighted by Gasteiger charge is -2.21. The molecule has 0 radical (unpaired) electrons. The second-order valence-electron chi connectivity index (χ2n) is 7.67. The first kappa shape index (κ1) is 24.1. The summed E-state index contributed by atoms with van der Waals surface area (Å²) in [5, 5.41) is 14.9. The molecule has 33 heavy (non-hydrogen) atoms. The van der Waals surface area contributed by atoms with Crippen LogP contribution in [0.5, 0.6) is 11.5 Å². The maximum Gasteiger partial charge on any atom is 0.328 e. The van der Waals surface area contributed by atoms with Crippen molar-refractivity contribution in [1.29, 1.82) is 0 Å². The molecule has 9 nitrogen and oxygen atoms in total. The van der Waals surface area contributed by atoms with Crippen LogP contribution < -0.4 is 20.1 Å². The summed E-state index contributed by atoms with van der Waals surface area (Å²) in [7, 11) is 1.25. The molecule has 0 aliphatic carbocycles. The van der Waals surface area contributed by atoms with Crippen LogP contribution in [0.25, 0.3) is 0 Å². The highest BCUT2D eigenvalue weighted by Crippen LogP contribution is 2.32. The Labute approximate surface area is 192 Å². The standard InChI is InChI=1S/C24H28N2O7/c1-31-24(30)19(12-16-6-3-2-4-7-16)26-23(29)18(14-22(27)28)25-11-5-8-17-9-10-20-21(13-17)33-15-32-20/h2-4,6-7,9-10,13,18-19,25H,5,8,11-12,14-15H2,1H3,(H,26,29)(H,27,28)/t18-,19-/m0/s1. The zero-order valence-electron chi connectivity index (χ0n) is 18.4. The van der Waals surface area contributed by atoms with E-state index in [2.05, 4.69) is 10.6 Å². The molecule has 2 aromatic carbocycles. The average Bonchev–Trinajstić information content (AvgIpc) is 3.28. The fraction of sp³-hybridized carbons (Fsp3) is 0.375. The molecule has 0 saturated heterocycles. The number of nitrogens with one attached hydrogen (secondary N) is 2. The van der Waals surface area contributed by atoms with Crippen LogP contribution in [0, 0.1) is 0 Å². The molecule has 1 heterocycles. The smallest absolute Gasteiger partial charge is 0.328 e. The number of aryl methyl sites for hydroxylation is 1. The number of carbonyl (C=O) groups excluding carboxylic acids is 2. The topological polar surface area (TPSA) is 123 Å². The normalized spacial score (nSPS) is 13.7. The average molecular weight is 456 g/mol. The van der Waals surface area contributed by atoms with Crippen LogP contribution in [0.4, 0.5) is 0 Å². The number of hydrogen-bond acceptors (Lipinski definition) is 7. The van der Waals surface area contributed by atoms with Gasteiger partial charge >= 0.3 is 11.9 Å². The third kappa shape index (κ3) is 7.21. The third-order valence-electron chi connectivity index (χ3n) is 5.25. The van der Waals surface area contributed by atoms with Crippen LogP contribution in [0.1, 0.15) is 24.0 Å². The quantitative estimate of drug-likeness (QED) is 0.326. The van der Waals surface area contributed by atoms with Crippen molar-refractivity contribution in [3.8, 4) is 11.5 Å². The van der Waals surface area contributed by atoms with Crippen LogP contribution >= 0.6 is 0 Å². The van der Waals surface area contributed by atoms with Gasteiger partial charge in [0.05, 0.1) is 19.6 Å². The fourth-order valence-electron chi connectivity index (χ4n) is 3.56. The highest BCUT2D eigenvalue weighted by atomic mass is 16.7. The van der Waals surface area contributed by atoms with E-state index in [-0.39, 0.29) is 13.2 Å². The van der Waals surface area contributed by atoms with Crippen LogP contribution in [-0.4, -0.2) is 55.5 Å². The molecule has 0 bridgehead atoms. The van der Waals surface area contributed by atoms with Gasteiger partial charge in [-0.1, -0.05) is 36.4 Å². The maximum atomic E-state index is 12.8. The van der Waals surface area contributed by atoms with Crippen LogP contribution in [-0.2, 0) is 32.0 Å². The molecule has 1 aliphatic rings. The van der Waals surface area contributed by atoms with Crippen molar-refractivity contribution in [1.82, 2.24) is 10.6 Å². The molecule has 3 N–H and O–H groups in total. The first-order valence-electron chi connectivity index (χ1n) is 10.7. The summed E-state index contributed by atoms with van der Waals surface area (Å²) < 4.78 is 15.5. The Kier molecular flexibility index (Phi) is 8.65. The molecule has 0 fully saturated rings. The van der Waals surface area contributed by atoms with E-state index in [0.717, 1.165) is 11.1 Å². The lowest BCUT2D eigenvalue weighted by Crippen LogP contribution is -2.52. The number of carboxylic acids is 1. The molecule has 0 unspecified atom stereocenters. The van der Waals surface area contributed by atoms with Crippen molar-refractivity contribution < 1.29 is 33.7 Å². The van der Waals surface area contributed by atoms with Gasteiger partial charge in [-0.25, -0.2) is 4.79 Å². The predicted molar refractivity (Wildman–Crippen MR) is 119 cm³/mol. The van der Waals surface area contributed by atoms with Gasteiger partial charge < -0.3 is 30.0 Å². The lowest BCUT2D eigenvalue weighted by atomic mass is 10.0. The molecule has 2 atom stereocenters. The number of methoxy groups -OCH3 is 1. The summed E-state index contributed by atoms with van der Waals surface area (Å²) in [6.07, 6.45) is 1.22. The van der Waals surface area contributed by atoms with Gasteiger partial charge in [0.2, 0.25) is 12.7 Å². The molecule has 9 heteroatoms. The molecule has 1 amide bonds. The number of hydrogen-bond donors (Lipinski definition) is 3. The molecule has 0 spiro atoms. The van der Waals surface area contributed by atoms with E-state index in [0.29, 0.717) is 30.9 Å². The molecule has 3 rings (SSSR count). The maximum absolute atomic E-state index is 12.8. The minimum atomic E-state index is -1.11. The zero-order valence-corrected chi connectivity index (χ0v) is 18.4. The van der Waals surface area contributed by atoms with Crippen molar-refractivity contribution in [2.75, 3.05) is 20.4 Å². The zero-order chi connectivity index (χ0) is 23.6. The molecule has 1 aliphatic heterocycles. The van der Waals surface area contributed by atoms with Crippen LogP contribution in [0.3, 0.4) is 0 Å². The summed E-state index contributed by atoms with van der Waals surface area (Å²) in [6, 6.07) is 13.0. The van der Waals surface area contributed by atoms with Crippen molar-refractivity contribution in [2.24, 2.45) is 0 Å². The monoisotopic (exact) mass is 456 g/mol. The summed E-state index contributed by atoms with van der Waals surface area (Å²) in [5.41, 5.74) is 1.90. The first-order chi connectivity index (χ1) is 16.0. The van der Waals surface area contributed by atoms with E-state index < -0.39 is 36.4 Å². The lowest BCUT2D eigenvalue weighted by molar-refractivity contribution is -0.145. The Morgan fingerprint density at radius 2 is 1.79 bits per heavy atom. The van der Waals surface area contributed by atoms with Gasteiger partial charge in [-0.05, 0) is 42.6 Å². The Morgan fingerprint density at radius 3 is 2.52 bits per heavy atom. The van der Waals surface area contributed by atoms with E-state index in [4.69, 9.17) is 14.2 Å². The number of aliphatic carboxylic acids is 1. The Hall–Kier alpha value is -3.59. The number of carboxylic acid groups (broad SMARTS) is 1. The highest BCUT2D eigenvalue weighted by Gasteiger charge is 2.27. The van der Waals surface area contributed by atoms with Crippen molar-refractivity contribution in [3.05, 3.63) is 59.7 Å². The Morgan fingerprint density at radius 1 is 1.03 bits per heavy atom. The van der Waals surface area contributed by atoms with Gasteiger partial charge in [0.15, 0.2) is 11.5 Å². The number of esters is 1. The summed E-state index contributed by atoms with van der Waals surface area (Å²) in [4.78, 5) is 36.3. The van der Waals surface area contributed by atoms with Crippen molar-refractivity contribution in [2.45, 2.75) is 37.8 Å². The van der Waals surface area contributed by atoms with Crippen LogP contribution in [0.2, 0.25) is 0 Å². The fourth-order valence-corrected chi connectivity index (χ4v) is 3.56. The number of ether oxygens (including phenoxy) is 3. The molecule has 176 valence electrons. The third-order valence-corrected chi connectivity index (χ3v) is 5.25. The molecular formula is C24H28N2O7. The predicted octanol–water partition coefficient (Wildman–Crippen LogP) is 1.68. The number of benzene rings is 2. The van der Waals surface area contributed by atoms with Gasteiger partial charge in [-0.3, -0.25) is 9.59 Å². The van der Waals surface area contributed by atoms with E-state index in [1.165, 1.54) is 7.11 Å². The van der Waals surface area contributed by atoms with E-state index in [1.54, 1.807) is 0 Å². The number of fused-ring (bicyclic) bond motifs is 1. The second kappa shape index (κ2) is 11.9. The summed E-state index contributed by atoms with van der Waals surface area (Å²) in [5.74, 6) is -0.853. The molecular weight excluding hydrogens is 428 g/mol. The molecule has 0 saturated carbocycles. The minimum Gasteiger partial charge on any atom is -0.481 e. The van der Waals surface area contributed by atoms with Crippen LogP contribution in [0.15, 0.2) is 48.5 Å². The highest BCUT2D eigenvalue weighted by molar-refractivity contribution is 5.90. The number of rotatable bonds is 12. The summed E-state index contributed by atoms with van der Waals surface area (Å²) in [6.45, 7) is 0.630. The van der Waals surface area contributed by atoms with Crippen molar-refractivity contribution >= 4 is 17.8 Å². The van der Waals surface area contributed by atoms with Gasteiger partial charge in [0.25, 0.3) is 0 Å². The van der Waals surface area contributed by atoms with Gasteiger partial charge in [-0.2, -0.15) is 0 Å². The number of amides is 1. The van der Waals surface area contributed by atoms with Gasteiger partial charge in [-0.15, -0.1) is 0 Å². The van der Waals surface area contributed by atoms with E-state index in [9.17, 15) is 19.5 Å². The van der Waals surface area contributed by atoms with E-state index in [1.807, 2.05) is 48.5 Å². The molecule has 0 aromatic heterocycles. The minimum absolute atomic E-state index is 0.211.